The van der Waals surface area contributed by atoms with Crippen LogP contribution in [0.1, 0.15) is 35.6 Å². The molecule has 3 rings (SSSR count). The van der Waals surface area contributed by atoms with Crippen molar-refractivity contribution in [1.82, 2.24) is 4.90 Å². The van der Waals surface area contributed by atoms with Gasteiger partial charge in [-0.05, 0) is 43.2 Å². The molecule has 2 aromatic carbocycles. The fourth-order valence-electron chi connectivity index (χ4n) is 3.37. The maximum absolute atomic E-state index is 12.8. The quantitative estimate of drug-likeness (QED) is 0.425. The van der Waals surface area contributed by atoms with E-state index in [4.69, 9.17) is 16.7 Å². The molecule has 1 saturated heterocycles. The van der Waals surface area contributed by atoms with Crippen molar-refractivity contribution in [3.05, 3.63) is 75.8 Å². The van der Waals surface area contributed by atoms with Gasteiger partial charge in [-0.2, -0.15) is 0 Å². The molecule has 1 heterocycles. The van der Waals surface area contributed by atoms with Gasteiger partial charge < -0.3 is 15.1 Å². The highest BCUT2D eigenvalue weighted by molar-refractivity contribution is 6.46. The molecule has 0 aliphatic carbocycles. The fourth-order valence-corrected chi connectivity index (χ4v) is 3.50. The summed E-state index contributed by atoms with van der Waals surface area (Å²) in [5, 5.41) is 20.2. The Kier molecular flexibility index (Phi) is 6.03. The molecule has 1 amide bonds. The summed E-state index contributed by atoms with van der Waals surface area (Å²) in [4.78, 5) is 37.7. The third-order valence-corrected chi connectivity index (χ3v) is 5.09. The Hall–Kier alpha value is -3.12. The number of hydrogen-bond donors (Lipinski definition) is 2. The van der Waals surface area contributed by atoms with Gasteiger partial charge in [0.1, 0.15) is 5.76 Å². The minimum atomic E-state index is -0.977. The molecular formula is C22H20ClNO5. The van der Waals surface area contributed by atoms with Gasteiger partial charge in [0.2, 0.25) is 0 Å². The van der Waals surface area contributed by atoms with E-state index >= 15 is 0 Å². The number of amides is 1. The topological polar surface area (TPSA) is 94.9 Å². The predicted octanol–water partition coefficient (Wildman–Crippen LogP) is 3.93. The maximum Gasteiger partial charge on any atom is 0.303 e. The van der Waals surface area contributed by atoms with Crippen LogP contribution in [0, 0.1) is 6.92 Å². The van der Waals surface area contributed by atoms with Crippen molar-refractivity contribution in [2.24, 2.45) is 0 Å². The molecule has 0 spiro atoms. The number of aryl methyl sites for hydroxylation is 1. The highest BCUT2D eigenvalue weighted by atomic mass is 35.5. The number of aliphatic carboxylic acids is 1. The summed E-state index contributed by atoms with van der Waals surface area (Å²) in [6.45, 7) is 2.01. The first-order valence-corrected chi connectivity index (χ1v) is 9.50. The van der Waals surface area contributed by atoms with E-state index < -0.39 is 23.7 Å². The third kappa shape index (κ3) is 4.32. The molecule has 1 atom stereocenters. The van der Waals surface area contributed by atoms with E-state index in [1.165, 1.54) is 4.90 Å². The zero-order valence-electron chi connectivity index (χ0n) is 15.8. The lowest BCUT2D eigenvalue weighted by molar-refractivity contribution is -0.140. The van der Waals surface area contributed by atoms with Crippen molar-refractivity contribution in [1.29, 1.82) is 0 Å². The van der Waals surface area contributed by atoms with Crippen molar-refractivity contribution < 1.29 is 24.6 Å². The zero-order valence-corrected chi connectivity index (χ0v) is 16.5. The van der Waals surface area contributed by atoms with Crippen molar-refractivity contribution in [3.63, 3.8) is 0 Å². The molecule has 29 heavy (non-hydrogen) atoms. The van der Waals surface area contributed by atoms with Gasteiger partial charge >= 0.3 is 5.97 Å². The number of nitrogens with zero attached hydrogens (tertiary/aromatic N) is 1. The Bertz CT molecular complexity index is 979. The molecule has 1 aliphatic rings. The van der Waals surface area contributed by atoms with Crippen LogP contribution >= 0.6 is 11.6 Å². The van der Waals surface area contributed by atoms with Gasteiger partial charge in [0.15, 0.2) is 0 Å². The molecule has 0 bridgehead atoms. The Labute approximate surface area is 173 Å². The number of likely N-dealkylation sites (tertiary alicyclic amines) is 1. The first-order valence-electron chi connectivity index (χ1n) is 9.12. The zero-order chi connectivity index (χ0) is 21.1. The van der Waals surface area contributed by atoms with E-state index in [1.807, 2.05) is 19.1 Å². The SMILES string of the molecule is Cc1ccc(C2/C(=C(/O)c3ccc(Cl)cc3)C(=O)C(=O)N2CCCC(=O)O)cc1. The molecule has 0 radical (unpaired) electrons. The first kappa shape index (κ1) is 20.6. The highest BCUT2D eigenvalue weighted by Crippen LogP contribution is 2.39. The van der Waals surface area contributed by atoms with Gasteiger partial charge in [0.05, 0.1) is 11.6 Å². The predicted molar refractivity (Wildman–Crippen MR) is 109 cm³/mol. The summed E-state index contributed by atoms with van der Waals surface area (Å²) in [7, 11) is 0. The van der Waals surface area contributed by atoms with Crippen LogP contribution in [0.15, 0.2) is 54.1 Å². The van der Waals surface area contributed by atoms with Gasteiger partial charge in [-0.1, -0.05) is 41.4 Å². The second-order valence-electron chi connectivity index (χ2n) is 6.91. The van der Waals surface area contributed by atoms with Crippen LogP contribution in [0.25, 0.3) is 5.76 Å². The minimum absolute atomic E-state index is 0.0171. The minimum Gasteiger partial charge on any atom is -0.507 e. The van der Waals surface area contributed by atoms with E-state index in [0.717, 1.165) is 5.56 Å². The van der Waals surface area contributed by atoms with Crippen LogP contribution in [0.2, 0.25) is 5.02 Å². The van der Waals surface area contributed by atoms with Gasteiger partial charge in [0.25, 0.3) is 11.7 Å². The number of benzene rings is 2. The number of aliphatic hydroxyl groups is 1. The number of carbonyl (C=O) groups is 3. The number of hydrogen-bond acceptors (Lipinski definition) is 4. The largest absolute Gasteiger partial charge is 0.507 e. The third-order valence-electron chi connectivity index (χ3n) is 4.84. The standard InChI is InChI=1S/C22H20ClNO5/c1-13-4-6-14(7-5-13)19-18(20(27)15-8-10-16(23)11-9-15)21(28)22(29)24(19)12-2-3-17(25)26/h4-11,19,27H,2-3,12H2,1H3,(H,25,26)/b20-18-. The molecule has 2 aromatic rings. The molecule has 1 fully saturated rings. The Balaban J connectivity index is 2.08. The van der Waals surface area contributed by atoms with E-state index in [1.54, 1.807) is 36.4 Å². The monoisotopic (exact) mass is 413 g/mol. The molecule has 0 saturated carbocycles. The van der Waals surface area contributed by atoms with E-state index in [-0.39, 0.29) is 30.7 Å². The fraction of sp³-hybridized carbons (Fsp3) is 0.227. The summed E-state index contributed by atoms with van der Waals surface area (Å²) in [5.74, 6) is -2.81. The number of carbonyl (C=O) groups excluding carboxylic acids is 2. The first-order chi connectivity index (χ1) is 13.8. The van der Waals surface area contributed by atoms with Crippen molar-refractivity contribution in [3.8, 4) is 0 Å². The lowest BCUT2D eigenvalue weighted by Crippen LogP contribution is -2.31. The molecule has 2 N–H and O–H groups in total. The second-order valence-corrected chi connectivity index (χ2v) is 7.34. The summed E-state index contributed by atoms with van der Waals surface area (Å²) < 4.78 is 0. The van der Waals surface area contributed by atoms with E-state index in [9.17, 15) is 19.5 Å². The van der Waals surface area contributed by atoms with Gasteiger partial charge in [0, 0.05) is 23.6 Å². The number of Topliss-reactive ketones (excluding diaryl/α,β-unsaturated/α-hetero) is 1. The molecule has 1 aliphatic heterocycles. The van der Waals surface area contributed by atoms with Crippen LogP contribution in [0.3, 0.4) is 0 Å². The summed E-state index contributed by atoms with van der Waals surface area (Å²) >= 11 is 5.90. The average molecular weight is 414 g/mol. The number of carboxylic acids is 1. The van der Waals surface area contributed by atoms with E-state index in [0.29, 0.717) is 16.1 Å². The van der Waals surface area contributed by atoms with Gasteiger partial charge in [-0.25, -0.2) is 0 Å². The molecule has 7 heteroatoms. The number of aliphatic hydroxyl groups excluding tert-OH is 1. The van der Waals surface area contributed by atoms with Crippen LogP contribution in [-0.2, 0) is 14.4 Å². The summed E-state index contributed by atoms with van der Waals surface area (Å²) in [5.41, 5.74) is 2.03. The van der Waals surface area contributed by atoms with E-state index in [2.05, 4.69) is 0 Å². The highest BCUT2D eigenvalue weighted by Gasteiger charge is 2.45. The van der Waals surface area contributed by atoms with Crippen LogP contribution < -0.4 is 0 Å². The number of carboxylic acid groups (broad SMARTS) is 1. The maximum atomic E-state index is 12.8. The van der Waals surface area contributed by atoms with Crippen molar-refractivity contribution >= 4 is 35.0 Å². The van der Waals surface area contributed by atoms with Crippen LogP contribution in [0.5, 0.6) is 0 Å². The molecular weight excluding hydrogens is 394 g/mol. The summed E-state index contributed by atoms with van der Waals surface area (Å²) in [6, 6.07) is 12.8. The van der Waals surface area contributed by atoms with Crippen molar-refractivity contribution in [2.75, 3.05) is 6.54 Å². The average Bonchev–Trinajstić information content (AvgIpc) is 2.93. The lowest BCUT2D eigenvalue weighted by atomic mass is 9.94. The van der Waals surface area contributed by atoms with Crippen LogP contribution in [-0.4, -0.2) is 39.3 Å². The summed E-state index contributed by atoms with van der Waals surface area (Å²) in [6.07, 6.45) is 0.0759. The molecule has 0 aromatic heterocycles. The van der Waals surface area contributed by atoms with Crippen LogP contribution in [0.4, 0.5) is 0 Å². The Morgan fingerprint density at radius 1 is 1.03 bits per heavy atom. The second kappa shape index (κ2) is 8.49. The molecule has 1 unspecified atom stereocenters. The molecule has 6 nitrogen and oxygen atoms in total. The smallest absolute Gasteiger partial charge is 0.303 e. The van der Waals surface area contributed by atoms with Crippen molar-refractivity contribution in [2.45, 2.75) is 25.8 Å². The molecule has 150 valence electrons. The Morgan fingerprint density at radius 2 is 1.66 bits per heavy atom. The lowest BCUT2D eigenvalue weighted by Gasteiger charge is -2.25. The normalized spacial score (nSPS) is 18.3. The van der Waals surface area contributed by atoms with Gasteiger partial charge in [-0.15, -0.1) is 0 Å². The number of halogens is 1. The number of rotatable bonds is 6. The Morgan fingerprint density at radius 3 is 2.24 bits per heavy atom. The van der Waals surface area contributed by atoms with Gasteiger partial charge in [-0.3, -0.25) is 14.4 Å². The number of ketones is 1.